The Morgan fingerprint density at radius 2 is 2.10 bits per heavy atom. The van der Waals surface area contributed by atoms with Crippen molar-refractivity contribution in [3.63, 3.8) is 0 Å². The highest BCUT2D eigenvalue weighted by Crippen LogP contribution is 2.35. The Bertz CT molecular complexity index is 655. The van der Waals surface area contributed by atoms with Crippen molar-refractivity contribution < 1.29 is 15.0 Å². The smallest absolute Gasteiger partial charge is 0.313 e. The first-order valence-electron chi connectivity index (χ1n) is 7.16. The molecule has 0 aliphatic heterocycles. The second-order valence-corrected chi connectivity index (χ2v) is 6.30. The number of hydrogen-bond donors (Lipinski definition) is 2. The summed E-state index contributed by atoms with van der Waals surface area (Å²) in [5.74, 6) is -0.880. The first-order valence-corrected chi connectivity index (χ1v) is 8.15. The largest absolute Gasteiger partial charge is 0.481 e. The Hall–Kier alpha value is -1.53. The molecule has 0 radical (unpaired) electrons. The maximum atomic E-state index is 10.8. The molecular formula is C15H18N2O3S. The van der Waals surface area contributed by atoms with E-state index in [0.29, 0.717) is 5.16 Å². The van der Waals surface area contributed by atoms with Crippen LogP contribution in [-0.4, -0.2) is 37.6 Å². The Balaban J connectivity index is 2.04. The number of hydrogen-bond acceptors (Lipinski definition) is 4. The summed E-state index contributed by atoms with van der Waals surface area (Å²) >= 11 is 1.22. The number of nitrogens with zero attached hydrogens (tertiary/aromatic N) is 2. The molecule has 21 heavy (non-hydrogen) atoms. The van der Waals surface area contributed by atoms with Gasteiger partial charge in [0.05, 0.1) is 28.9 Å². The van der Waals surface area contributed by atoms with Crippen LogP contribution in [0.5, 0.6) is 0 Å². The number of benzene rings is 1. The Morgan fingerprint density at radius 3 is 2.86 bits per heavy atom. The van der Waals surface area contributed by atoms with Crippen LogP contribution in [0, 0.1) is 0 Å². The molecule has 112 valence electrons. The lowest BCUT2D eigenvalue weighted by molar-refractivity contribution is -0.133. The highest BCUT2D eigenvalue weighted by atomic mass is 32.2. The summed E-state index contributed by atoms with van der Waals surface area (Å²) < 4.78 is 2.03. The molecule has 0 bridgehead atoms. The van der Waals surface area contributed by atoms with Gasteiger partial charge in [0.2, 0.25) is 0 Å². The fraction of sp³-hybridized carbons (Fsp3) is 0.467. The van der Waals surface area contributed by atoms with E-state index in [4.69, 9.17) is 5.11 Å². The number of carboxylic acid groups (broad SMARTS) is 1. The summed E-state index contributed by atoms with van der Waals surface area (Å²) in [6.07, 6.45) is 3.43. The minimum Gasteiger partial charge on any atom is -0.481 e. The first kappa shape index (κ1) is 14.4. The normalized spacial score (nSPS) is 22.5. The minimum absolute atomic E-state index is 0.0116. The van der Waals surface area contributed by atoms with Crippen molar-refractivity contribution in [2.75, 3.05) is 5.75 Å². The summed E-state index contributed by atoms with van der Waals surface area (Å²) in [6.45, 7) is 0. The summed E-state index contributed by atoms with van der Waals surface area (Å²) in [6, 6.07) is 7.76. The molecule has 1 aromatic carbocycles. The first-order chi connectivity index (χ1) is 10.2. The Labute approximate surface area is 127 Å². The van der Waals surface area contributed by atoms with Crippen molar-refractivity contribution in [3.05, 3.63) is 24.3 Å². The van der Waals surface area contributed by atoms with Crippen molar-refractivity contribution in [3.8, 4) is 0 Å². The van der Waals surface area contributed by atoms with Crippen molar-refractivity contribution in [2.45, 2.75) is 43.0 Å². The maximum absolute atomic E-state index is 10.8. The SMILES string of the molecule is O=C(O)CSc1nc2ccccc2n1C1CCCCC1O. The molecule has 0 spiro atoms. The highest BCUT2D eigenvalue weighted by Gasteiger charge is 2.28. The molecule has 3 rings (SSSR count). The molecule has 1 aliphatic rings. The lowest BCUT2D eigenvalue weighted by Crippen LogP contribution is -2.28. The van der Waals surface area contributed by atoms with E-state index in [0.717, 1.165) is 36.7 Å². The van der Waals surface area contributed by atoms with Crippen molar-refractivity contribution >= 4 is 28.8 Å². The van der Waals surface area contributed by atoms with Crippen LogP contribution < -0.4 is 0 Å². The lowest BCUT2D eigenvalue weighted by atomic mass is 9.92. The molecule has 2 unspecified atom stereocenters. The molecule has 1 heterocycles. The maximum Gasteiger partial charge on any atom is 0.313 e. The van der Waals surface area contributed by atoms with Gasteiger partial charge in [0.15, 0.2) is 5.16 Å². The van der Waals surface area contributed by atoms with Gasteiger partial charge in [0.1, 0.15) is 0 Å². The van der Waals surface area contributed by atoms with Crippen LogP contribution in [0.1, 0.15) is 31.7 Å². The average molecular weight is 306 g/mol. The van der Waals surface area contributed by atoms with E-state index < -0.39 is 5.97 Å². The number of imidazole rings is 1. The molecule has 6 heteroatoms. The van der Waals surface area contributed by atoms with E-state index in [1.165, 1.54) is 11.8 Å². The van der Waals surface area contributed by atoms with Gasteiger partial charge in [0, 0.05) is 0 Å². The van der Waals surface area contributed by atoms with Crippen LogP contribution in [0.3, 0.4) is 0 Å². The molecule has 0 amide bonds. The van der Waals surface area contributed by atoms with Crippen LogP contribution in [0.4, 0.5) is 0 Å². The fourth-order valence-corrected chi connectivity index (χ4v) is 3.75. The summed E-state index contributed by atoms with van der Waals surface area (Å²) in [4.78, 5) is 15.4. The van der Waals surface area contributed by atoms with Crippen LogP contribution in [-0.2, 0) is 4.79 Å². The summed E-state index contributed by atoms with van der Waals surface area (Å²) in [5, 5.41) is 19.9. The highest BCUT2D eigenvalue weighted by molar-refractivity contribution is 7.99. The zero-order valence-corrected chi connectivity index (χ0v) is 12.4. The number of aliphatic hydroxyl groups excluding tert-OH is 1. The Morgan fingerprint density at radius 1 is 1.33 bits per heavy atom. The molecular weight excluding hydrogens is 288 g/mol. The second-order valence-electron chi connectivity index (χ2n) is 5.35. The van der Waals surface area contributed by atoms with Gasteiger partial charge < -0.3 is 14.8 Å². The number of thioether (sulfide) groups is 1. The number of fused-ring (bicyclic) bond motifs is 1. The van der Waals surface area contributed by atoms with E-state index in [9.17, 15) is 9.90 Å². The van der Waals surface area contributed by atoms with E-state index in [1.807, 2.05) is 28.8 Å². The predicted molar refractivity (Wildman–Crippen MR) is 81.6 cm³/mol. The number of aliphatic hydroxyl groups is 1. The van der Waals surface area contributed by atoms with Gasteiger partial charge in [-0.25, -0.2) is 4.98 Å². The topological polar surface area (TPSA) is 75.3 Å². The van der Waals surface area contributed by atoms with E-state index in [-0.39, 0.29) is 17.9 Å². The van der Waals surface area contributed by atoms with Crippen molar-refractivity contribution in [2.24, 2.45) is 0 Å². The van der Waals surface area contributed by atoms with Crippen molar-refractivity contribution in [1.82, 2.24) is 9.55 Å². The van der Waals surface area contributed by atoms with Crippen LogP contribution in [0.25, 0.3) is 11.0 Å². The van der Waals surface area contributed by atoms with E-state index >= 15 is 0 Å². The molecule has 1 aromatic heterocycles. The summed E-state index contributed by atoms with van der Waals surface area (Å²) in [5.41, 5.74) is 1.82. The van der Waals surface area contributed by atoms with Crippen molar-refractivity contribution in [1.29, 1.82) is 0 Å². The number of rotatable bonds is 4. The number of aliphatic carboxylic acids is 1. The molecule has 1 aliphatic carbocycles. The molecule has 0 saturated heterocycles. The van der Waals surface area contributed by atoms with Gasteiger partial charge in [-0.1, -0.05) is 36.7 Å². The average Bonchev–Trinajstić information content (AvgIpc) is 2.84. The zero-order valence-electron chi connectivity index (χ0n) is 11.6. The van der Waals surface area contributed by atoms with Gasteiger partial charge in [-0.3, -0.25) is 4.79 Å². The van der Waals surface area contributed by atoms with Gasteiger partial charge in [-0.05, 0) is 25.0 Å². The zero-order chi connectivity index (χ0) is 14.8. The lowest BCUT2D eigenvalue weighted by Gasteiger charge is -2.30. The Kier molecular flexibility index (Phi) is 4.17. The number of aromatic nitrogens is 2. The molecule has 1 saturated carbocycles. The quantitative estimate of drug-likeness (QED) is 0.849. The summed E-state index contributed by atoms with van der Waals surface area (Å²) in [7, 11) is 0. The van der Waals surface area contributed by atoms with Crippen LogP contribution >= 0.6 is 11.8 Å². The fourth-order valence-electron chi connectivity index (χ4n) is 2.96. The predicted octanol–water partition coefficient (Wildman–Crippen LogP) is 2.69. The monoisotopic (exact) mass is 306 g/mol. The number of carboxylic acids is 1. The molecule has 2 aromatic rings. The van der Waals surface area contributed by atoms with Gasteiger partial charge in [0.25, 0.3) is 0 Å². The van der Waals surface area contributed by atoms with E-state index in [2.05, 4.69) is 4.98 Å². The molecule has 2 atom stereocenters. The van der Waals surface area contributed by atoms with Crippen LogP contribution in [0.15, 0.2) is 29.4 Å². The minimum atomic E-state index is -0.859. The van der Waals surface area contributed by atoms with Gasteiger partial charge >= 0.3 is 5.97 Å². The molecule has 1 fully saturated rings. The molecule has 5 nitrogen and oxygen atoms in total. The molecule has 2 N–H and O–H groups in total. The van der Waals surface area contributed by atoms with Gasteiger partial charge in [-0.15, -0.1) is 0 Å². The number of para-hydroxylation sites is 2. The standard InChI is InChI=1S/C15H18N2O3S/c18-13-8-4-3-7-12(13)17-11-6-2-1-5-10(11)16-15(17)21-9-14(19)20/h1-2,5-6,12-13,18H,3-4,7-9H2,(H,19,20). The third-order valence-corrected chi connectivity index (χ3v) is 4.85. The second kappa shape index (κ2) is 6.07. The van der Waals surface area contributed by atoms with Gasteiger partial charge in [-0.2, -0.15) is 0 Å². The third kappa shape index (κ3) is 2.91. The van der Waals surface area contributed by atoms with E-state index in [1.54, 1.807) is 0 Å². The number of carbonyl (C=O) groups is 1. The third-order valence-electron chi connectivity index (χ3n) is 3.91. The van der Waals surface area contributed by atoms with Crippen LogP contribution in [0.2, 0.25) is 0 Å².